The Hall–Kier alpha value is 0.447. The van der Waals surface area contributed by atoms with E-state index in [4.69, 9.17) is 13.3 Å². The van der Waals surface area contributed by atoms with Crippen LogP contribution in [0.15, 0.2) is 0 Å². The van der Waals surface area contributed by atoms with Gasteiger partial charge in [0.05, 0.1) is 0 Å². The summed E-state index contributed by atoms with van der Waals surface area (Å²) in [4.78, 5) is 0. The summed E-state index contributed by atoms with van der Waals surface area (Å²) in [5, 5.41) is 0. The van der Waals surface area contributed by atoms with E-state index in [9.17, 15) is 0 Å². The van der Waals surface area contributed by atoms with Gasteiger partial charge >= 0.3 is 8.80 Å². The van der Waals surface area contributed by atoms with E-state index in [0.29, 0.717) is 19.8 Å². The maximum atomic E-state index is 5.60. The van der Waals surface area contributed by atoms with Gasteiger partial charge in [-0.1, -0.05) is 0 Å². The maximum Gasteiger partial charge on any atom is 0.501 e. The van der Waals surface area contributed by atoms with Crippen LogP contribution in [0.1, 0.15) is 20.8 Å². The Balaban J connectivity index is 4.19. The van der Waals surface area contributed by atoms with Crippen LogP contribution in [0.3, 0.4) is 0 Å². The second-order valence-corrected chi connectivity index (χ2v) is 5.63. The van der Waals surface area contributed by atoms with Crippen LogP contribution in [-0.4, -0.2) is 34.4 Å². The zero-order valence-corrected chi connectivity index (χ0v) is 10.6. The van der Waals surface area contributed by atoms with E-state index < -0.39 is 8.80 Å². The van der Waals surface area contributed by atoms with Crippen molar-refractivity contribution in [2.24, 2.45) is 0 Å². The molecule has 0 saturated heterocycles. The van der Waals surface area contributed by atoms with Crippen LogP contribution in [0.4, 0.5) is 0 Å². The summed E-state index contributed by atoms with van der Waals surface area (Å²) in [7, 11) is -2.37. The highest BCUT2D eigenvalue weighted by Crippen LogP contribution is 2.16. The highest BCUT2D eigenvalue weighted by atomic mass is 32.1. The standard InChI is InChI=1S/C8H20O3SSi/c1-4-9-13(8-7-12,10-5-2)11-6-3/h12H,4-8H2,1-3H3. The molecule has 0 aliphatic rings. The first kappa shape index (κ1) is 13.4. The van der Waals surface area contributed by atoms with Gasteiger partial charge in [-0.3, -0.25) is 0 Å². The quantitative estimate of drug-likeness (QED) is 0.504. The number of hydrogen-bond donors (Lipinski definition) is 1. The Morgan fingerprint density at radius 3 is 1.54 bits per heavy atom. The molecule has 13 heavy (non-hydrogen) atoms. The summed E-state index contributed by atoms with van der Waals surface area (Å²) in [5.74, 6) is 0.742. The smallest absolute Gasteiger partial charge is 0.374 e. The van der Waals surface area contributed by atoms with Gasteiger partial charge in [0, 0.05) is 25.9 Å². The molecule has 0 spiro atoms. The topological polar surface area (TPSA) is 27.7 Å². The molecule has 0 aliphatic carbocycles. The van der Waals surface area contributed by atoms with Gasteiger partial charge in [0.2, 0.25) is 0 Å². The van der Waals surface area contributed by atoms with Gasteiger partial charge in [-0.2, -0.15) is 12.6 Å². The Kier molecular flexibility index (Phi) is 8.08. The van der Waals surface area contributed by atoms with E-state index in [1.807, 2.05) is 20.8 Å². The lowest BCUT2D eigenvalue weighted by atomic mass is 10.9. The zero-order valence-electron chi connectivity index (χ0n) is 8.71. The molecular weight excluding hydrogens is 204 g/mol. The van der Waals surface area contributed by atoms with Crippen molar-refractivity contribution in [1.29, 1.82) is 0 Å². The fourth-order valence-corrected chi connectivity index (χ4v) is 4.24. The fourth-order valence-electron chi connectivity index (χ4n) is 1.14. The number of rotatable bonds is 8. The second kappa shape index (κ2) is 7.81. The van der Waals surface area contributed by atoms with E-state index in [2.05, 4.69) is 12.6 Å². The first-order chi connectivity index (χ1) is 6.24. The van der Waals surface area contributed by atoms with Crippen molar-refractivity contribution in [3.63, 3.8) is 0 Å². The van der Waals surface area contributed by atoms with Crippen LogP contribution < -0.4 is 0 Å². The van der Waals surface area contributed by atoms with E-state index in [0.717, 1.165) is 11.8 Å². The molecule has 0 fully saturated rings. The second-order valence-electron chi connectivity index (χ2n) is 2.46. The van der Waals surface area contributed by atoms with Crippen molar-refractivity contribution in [2.75, 3.05) is 25.6 Å². The predicted octanol–water partition coefficient (Wildman–Crippen LogP) is 1.96. The van der Waals surface area contributed by atoms with Gasteiger partial charge in [0.1, 0.15) is 0 Å². The minimum atomic E-state index is -2.37. The molecule has 0 rings (SSSR count). The molecule has 0 amide bonds. The molecule has 0 aromatic carbocycles. The molecular formula is C8H20O3SSi. The molecule has 0 radical (unpaired) electrons. The lowest BCUT2D eigenvalue weighted by molar-refractivity contribution is 0.0729. The molecule has 0 aliphatic heterocycles. The van der Waals surface area contributed by atoms with Gasteiger partial charge in [-0.15, -0.1) is 0 Å². The largest absolute Gasteiger partial charge is 0.501 e. The van der Waals surface area contributed by atoms with E-state index >= 15 is 0 Å². The molecule has 0 aromatic heterocycles. The summed E-state index contributed by atoms with van der Waals surface area (Å²) in [5.41, 5.74) is 0. The minimum Gasteiger partial charge on any atom is -0.374 e. The Labute approximate surface area is 87.5 Å². The van der Waals surface area contributed by atoms with Gasteiger partial charge in [-0.25, -0.2) is 0 Å². The predicted molar refractivity (Wildman–Crippen MR) is 59.3 cm³/mol. The molecule has 0 saturated carbocycles. The normalized spacial score (nSPS) is 12.0. The van der Waals surface area contributed by atoms with Gasteiger partial charge < -0.3 is 13.3 Å². The van der Waals surface area contributed by atoms with Crippen LogP contribution in [0, 0.1) is 0 Å². The average Bonchev–Trinajstić information content (AvgIpc) is 2.06. The van der Waals surface area contributed by atoms with Crippen molar-refractivity contribution in [2.45, 2.75) is 26.8 Å². The lowest BCUT2D eigenvalue weighted by Crippen LogP contribution is -2.46. The molecule has 80 valence electrons. The molecule has 3 nitrogen and oxygen atoms in total. The summed E-state index contributed by atoms with van der Waals surface area (Å²) in [6.07, 6.45) is 0. The third kappa shape index (κ3) is 5.02. The third-order valence-corrected chi connectivity index (χ3v) is 5.20. The van der Waals surface area contributed by atoms with Crippen molar-refractivity contribution >= 4 is 21.4 Å². The minimum absolute atomic E-state index is 0.639. The van der Waals surface area contributed by atoms with Crippen molar-refractivity contribution < 1.29 is 13.3 Å². The fraction of sp³-hybridized carbons (Fsp3) is 1.00. The number of hydrogen-bond acceptors (Lipinski definition) is 4. The van der Waals surface area contributed by atoms with Crippen molar-refractivity contribution in [1.82, 2.24) is 0 Å². The van der Waals surface area contributed by atoms with E-state index in [-0.39, 0.29) is 0 Å². The van der Waals surface area contributed by atoms with E-state index in [1.165, 1.54) is 0 Å². The molecule has 0 heterocycles. The number of thiol groups is 1. The maximum absolute atomic E-state index is 5.60. The SMILES string of the molecule is CCO[Si](CCS)(OCC)OCC. The Bertz CT molecular complexity index is 94.4. The summed E-state index contributed by atoms with van der Waals surface area (Å²) >= 11 is 4.19. The first-order valence-corrected chi connectivity index (χ1v) is 7.33. The van der Waals surface area contributed by atoms with E-state index in [1.54, 1.807) is 0 Å². The van der Waals surface area contributed by atoms with Gasteiger partial charge in [0.15, 0.2) is 0 Å². The van der Waals surface area contributed by atoms with Crippen LogP contribution in [0.5, 0.6) is 0 Å². The van der Waals surface area contributed by atoms with Crippen LogP contribution in [0.2, 0.25) is 6.04 Å². The van der Waals surface area contributed by atoms with Crippen LogP contribution in [0.25, 0.3) is 0 Å². The molecule has 0 atom stereocenters. The van der Waals surface area contributed by atoms with Gasteiger partial charge in [0.25, 0.3) is 0 Å². The first-order valence-electron chi connectivity index (χ1n) is 4.77. The van der Waals surface area contributed by atoms with Crippen molar-refractivity contribution in [3.8, 4) is 0 Å². The Morgan fingerprint density at radius 1 is 0.923 bits per heavy atom. The van der Waals surface area contributed by atoms with Gasteiger partial charge in [-0.05, 0) is 26.5 Å². The van der Waals surface area contributed by atoms with Crippen molar-refractivity contribution in [3.05, 3.63) is 0 Å². The summed E-state index contributed by atoms with van der Waals surface area (Å²) in [6.45, 7) is 7.79. The lowest BCUT2D eigenvalue weighted by Gasteiger charge is -2.27. The molecule has 0 unspecified atom stereocenters. The average molecular weight is 224 g/mol. The van der Waals surface area contributed by atoms with Crippen LogP contribution in [-0.2, 0) is 13.3 Å². The highest BCUT2D eigenvalue weighted by Gasteiger charge is 2.39. The summed E-state index contributed by atoms with van der Waals surface area (Å²) < 4.78 is 16.8. The zero-order chi connectivity index (χ0) is 10.2. The monoisotopic (exact) mass is 224 g/mol. The third-order valence-electron chi connectivity index (χ3n) is 1.51. The molecule has 0 N–H and O–H groups in total. The summed E-state index contributed by atoms with van der Waals surface area (Å²) in [6, 6.07) is 0.783. The Morgan fingerprint density at radius 2 is 1.31 bits per heavy atom. The van der Waals surface area contributed by atoms with Crippen LogP contribution >= 0.6 is 12.6 Å². The molecule has 5 heteroatoms. The molecule has 0 bridgehead atoms. The highest BCUT2D eigenvalue weighted by molar-refractivity contribution is 7.80. The molecule has 0 aromatic rings.